The van der Waals surface area contributed by atoms with E-state index in [9.17, 15) is 4.39 Å². The largest absolute Gasteiger partial charge is 0.485 e. The Bertz CT molecular complexity index is 366. The number of hydrogen-bond acceptors (Lipinski definition) is 2. The van der Waals surface area contributed by atoms with E-state index in [4.69, 9.17) is 4.74 Å². The van der Waals surface area contributed by atoms with E-state index in [-0.39, 0.29) is 11.9 Å². The van der Waals surface area contributed by atoms with Crippen LogP contribution < -0.4 is 10.1 Å². The molecule has 0 amide bonds. The molecule has 2 heterocycles. The van der Waals surface area contributed by atoms with Crippen LogP contribution in [0.25, 0.3) is 0 Å². The number of benzene rings is 1. The van der Waals surface area contributed by atoms with Crippen LogP contribution in [-0.4, -0.2) is 19.2 Å². The molecule has 1 aromatic carbocycles. The van der Waals surface area contributed by atoms with Crippen molar-refractivity contribution in [3.05, 3.63) is 29.6 Å². The van der Waals surface area contributed by atoms with Gasteiger partial charge in [0.15, 0.2) is 11.6 Å². The predicted molar refractivity (Wildman–Crippen MR) is 50.9 cm³/mol. The zero-order valence-corrected chi connectivity index (χ0v) is 7.79. The fourth-order valence-electron chi connectivity index (χ4n) is 2.33. The summed E-state index contributed by atoms with van der Waals surface area (Å²) in [5, 5.41) is 3.27. The molecule has 2 nitrogen and oxygen atoms in total. The minimum absolute atomic E-state index is 0.166. The van der Waals surface area contributed by atoms with Gasteiger partial charge in [-0.05, 0) is 18.1 Å². The summed E-state index contributed by atoms with van der Waals surface area (Å²) in [4.78, 5) is 0. The summed E-state index contributed by atoms with van der Waals surface area (Å²) < 4.78 is 19.0. The molecule has 1 N–H and O–H groups in total. The Morgan fingerprint density at radius 1 is 1.36 bits per heavy atom. The molecule has 2 atom stereocenters. The minimum atomic E-state index is -0.229. The number of rotatable bonds is 0. The van der Waals surface area contributed by atoms with E-state index in [1.807, 2.05) is 6.07 Å². The summed E-state index contributed by atoms with van der Waals surface area (Å²) in [6.07, 6.45) is 1.10. The maximum absolute atomic E-state index is 13.4. The van der Waals surface area contributed by atoms with Crippen LogP contribution in [0.15, 0.2) is 18.2 Å². The van der Waals surface area contributed by atoms with E-state index < -0.39 is 0 Å². The van der Waals surface area contributed by atoms with E-state index in [0.29, 0.717) is 11.7 Å². The van der Waals surface area contributed by atoms with Crippen molar-refractivity contribution in [2.75, 3.05) is 13.1 Å². The van der Waals surface area contributed by atoms with Crippen LogP contribution in [0.2, 0.25) is 0 Å². The molecule has 1 aromatic rings. The Morgan fingerprint density at radius 2 is 2.29 bits per heavy atom. The van der Waals surface area contributed by atoms with E-state index in [1.54, 1.807) is 6.07 Å². The monoisotopic (exact) mass is 193 g/mol. The number of hydrogen-bond donors (Lipinski definition) is 1. The zero-order valence-electron chi connectivity index (χ0n) is 7.79. The molecule has 0 aliphatic carbocycles. The SMILES string of the molecule is Fc1cccc2c1O[C@H]1CNC[C@@H]1C2. The zero-order chi connectivity index (χ0) is 9.54. The van der Waals surface area contributed by atoms with Crippen LogP contribution in [-0.2, 0) is 6.42 Å². The van der Waals surface area contributed by atoms with E-state index in [0.717, 1.165) is 25.1 Å². The molecule has 14 heavy (non-hydrogen) atoms. The topological polar surface area (TPSA) is 21.3 Å². The van der Waals surface area contributed by atoms with Crippen LogP contribution in [0.1, 0.15) is 5.56 Å². The fourth-order valence-corrected chi connectivity index (χ4v) is 2.33. The van der Waals surface area contributed by atoms with Crippen molar-refractivity contribution < 1.29 is 9.13 Å². The first kappa shape index (κ1) is 8.24. The highest BCUT2D eigenvalue weighted by Gasteiger charge is 2.34. The average molecular weight is 193 g/mol. The van der Waals surface area contributed by atoms with Gasteiger partial charge < -0.3 is 10.1 Å². The van der Waals surface area contributed by atoms with Gasteiger partial charge in [-0.2, -0.15) is 0 Å². The molecule has 0 aromatic heterocycles. The molecule has 0 radical (unpaired) electrons. The molecule has 1 saturated heterocycles. The number of halogens is 1. The van der Waals surface area contributed by atoms with Crippen molar-refractivity contribution in [1.29, 1.82) is 0 Å². The highest BCUT2D eigenvalue weighted by atomic mass is 19.1. The van der Waals surface area contributed by atoms with Crippen LogP contribution in [0.3, 0.4) is 0 Å². The first-order chi connectivity index (χ1) is 6.84. The first-order valence-corrected chi connectivity index (χ1v) is 4.99. The van der Waals surface area contributed by atoms with Crippen molar-refractivity contribution >= 4 is 0 Å². The molecular weight excluding hydrogens is 181 g/mol. The van der Waals surface area contributed by atoms with Gasteiger partial charge in [-0.3, -0.25) is 0 Å². The summed E-state index contributed by atoms with van der Waals surface area (Å²) in [5.41, 5.74) is 1.01. The Labute approximate surface area is 82.1 Å². The van der Waals surface area contributed by atoms with Crippen LogP contribution in [0, 0.1) is 11.7 Å². The van der Waals surface area contributed by atoms with E-state index in [1.165, 1.54) is 6.07 Å². The Morgan fingerprint density at radius 3 is 3.21 bits per heavy atom. The first-order valence-electron chi connectivity index (χ1n) is 4.99. The molecule has 2 aliphatic heterocycles. The van der Waals surface area contributed by atoms with Crippen LogP contribution in [0.5, 0.6) is 5.75 Å². The van der Waals surface area contributed by atoms with Crippen molar-refractivity contribution in [3.63, 3.8) is 0 Å². The third kappa shape index (κ3) is 1.12. The Hall–Kier alpha value is -1.09. The molecule has 74 valence electrons. The van der Waals surface area contributed by atoms with Crippen molar-refractivity contribution in [2.45, 2.75) is 12.5 Å². The van der Waals surface area contributed by atoms with Gasteiger partial charge in [-0.15, -0.1) is 0 Å². The summed E-state index contributed by atoms with van der Waals surface area (Å²) >= 11 is 0. The third-order valence-corrected chi connectivity index (χ3v) is 3.08. The van der Waals surface area contributed by atoms with E-state index in [2.05, 4.69) is 5.32 Å². The summed E-state index contributed by atoms with van der Waals surface area (Å²) in [6.45, 7) is 1.83. The maximum Gasteiger partial charge on any atom is 0.165 e. The van der Waals surface area contributed by atoms with Crippen molar-refractivity contribution in [2.24, 2.45) is 5.92 Å². The number of para-hydroxylation sites is 1. The quantitative estimate of drug-likeness (QED) is 0.671. The lowest BCUT2D eigenvalue weighted by molar-refractivity contribution is 0.145. The normalized spacial score (nSPS) is 29.2. The second-order valence-electron chi connectivity index (χ2n) is 4.01. The molecule has 2 aliphatic rings. The molecule has 0 saturated carbocycles. The summed E-state index contributed by atoms with van der Waals surface area (Å²) in [5.74, 6) is 0.759. The third-order valence-electron chi connectivity index (χ3n) is 3.08. The van der Waals surface area contributed by atoms with Crippen molar-refractivity contribution in [1.82, 2.24) is 5.32 Å². The molecule has 0 unspecified atom stereocenters. The van der Waals surface area contributed by atoms with Gasteiger partial charge in [0.2, 0.25) is 0 Å². The predicted octanol–water partition coefficient (Wildman–Crippen LogP) is 1.35. The summed E-state index contributed by atoms with van der Waals surface area (Å²) in [7, 11) is 0. The Kier molecular flexibility index (Phi) is 1.74. The van der Waals surface area contributed by atoms with Crippen LogP contribution >= 0.6 is 0 Å². The molecule has 3 heteroatoms. The lowest BCUT2D eigenvalue weighted by Crippen LogP contribution is -2.32. The van der Waals surface area contributed by atoms with Crippen LogP contribution in [0.4, 0.5) is 4.39 Å². The molecule has 1 fully saturated rings. The fraction of sp³-hybridized carbons (Fsp3) is 0.455. The van der Waals surface area contributed by atoms with Gasteiger partial charge in [0.25, 0.3) is 0 Å². The average Bonchev–Trinajstić information content (AvgIpc) is 2.62. The van der Waals surface area contributed by atoms with E-state index >= 15 is 0 Å². The van der Waals surface area contributed by atoms with Gasteiger partial charge in [0, 0.05) is 19.0 Å². The number of nitrogens with one attached hydrogen (secondary N) is 1. The number of ether oxygens (including phenoxy) is 1. The van der Waals surface area contributed by atoms with Crippen molar-refractivity contribution in [3.8, 4) is 5.75 Å². The highest BCUT2D eigenvalue weighted by molar-refractivity contribution is 5.37. The highest BCUT2D eigenvalue weighted by Crippen LogP contribution is 2.34. The smallest absolute Gasteiger partial charge is 0.165 e. The Balaban J connectivity index is 2.01. The number of fused-ring (bicyclic) bond motifs is 2. The second kappa shape index (κ2) is 2.95. The molecule has 3 rings (SSSR count). The lowest BCUT2D eigenvalue weighted by Gasteiger charge is -2.28. The molecule has 0 spiro atoms. The van der Waals surface area contributed by atoms with Gasteiger partial charge in [0.1, 0.15) is 6.10 Å². The van der Waals surface area contributed by atoms with Gasteiger partial charge in [-0.1, -0.05) is 12.1 Å². The molecular formula is C11H12FNO. The summed E-state index contributed by atoms with van der Waals surface area (Å²) in [6, 6.07) is 5.16. The standard InChI is InChI=1S/C11H12FNO/c12-9-3-1-2-7-4-8-5-13-6-10(8)14-11(7)9/h1-3,8,10,13H,4-6H2/t8-,10-/m0/s1. The van der Waals surface area contributed by atoms with Gasteiger partial charge >= 0.3 is 0 Å². The van der Waals surface area contributed by atoms with Gasteiger partial charge in [-0.25, -0.2) is 4.39 Å². The maximum atomic E-state index is 13.4. The van der Waals surface area contributed by atoms with Gasteiger partial charge in [0.05, 0.1) is 0 Å². The minimum Gasteiger partial charge on any atom is -0.485 e. The molecule has 0 bridgehead atoms. The second-order valence-corrected chi connectivity index (χ2v) is 4.01. The lowest BCUT2D eigenvalue weighted by atomic mass is 9.93.